The van der Waals surface area contributed by atoms with Crippen LogP contribution in [-0.2, 0) is 14.3 Å². The molecule has 1 unspecified atom stereocenters. The number of Topliss-reactive ketones (excluding diaryl/α,β-unsaturated/α-hetero) is 1. The van der Waals surface area contributed by atoms with Crippen LogP contribution in [0.5, 0.6) is 0 Å². The second kappa shape index (κ2) is 5.82. The van der Waals surface area contributed by atoms with Gasteiger partial charge in [0, 0.05) is 12.5 Å². The van der Waals surface area contributed by atoms with Gasteiger partial charge in [-0.25, -0.2) is 0 Å². The molecule has 1 rings (SSSR count). The van der Waals surface area contributed by atoms with Crippen molar-refractivity contribution >= 4 is 11.7 Å². The van der Waals surface area contributed by atoms with Gasteiger partial charge in [0.25, 0.3) is 0 Å². The Bertz CT molecular complexity index is 237. The van der Waals surface area contributed by atoms with E-state index in [2.05, 4.69) is 0 Å². The van der Waals surface area contributed by atoms with E-state index in [-0.39, 0.29) is 18.2 Å². The van der Waals surface area contributed by atoms with Crippen molar-refractivity contribution in [1.82, 2.24) is 4.90 Å². The minimum Gasteiger partial charge on any atom is -0.381 e. The van der Waals surface area contributed by atoms with Crippen molar-refractivity contribution in [1.29, 1.82) is 0 Å². The summed E-state index contributed by atoms with van der Waals surface area (Å²) in [6.45, 7) is 4.19. The summed E-state index contributed by atoms with van der Waals surface area (Å²) in [6.07, 6.45) is 0.799. The molecule has 1 atom stereocenters. The van der Waals surface area contributed by atoms with Gasteiger partial charge in [-0.2, -0.15) is 0 Å². The number of carbonyl (C=O) groups is 2. The highest BCUT2D eigenvalue weighted by Gasteiger charge is 2.24. The van der Waals surface area contributed by atoms with Crippen molar-refractivity contribution in [3.05, 3.63) is 0 Å². The minimum atomic E-state index is -0.396. The molecule has 5 nitrogen and oxygen atoms in total. The Hall–Kier alpha value is -0.940. The van der Waals surface area contributed by atoms with Crippen molar-refractivity contribution < 1.29 is 14.3 Å². The van der Waals surface area contributed by atoms with E-state index in [1.54, 1.807) is 4.90 Å². The second-order valence-electron chi connectivity index (χ2n) is 3.80. The predicted molar refractivity (Wildman–Crippen MR) is 55.2 cm³/mol. The summed E-state index contributed by atoms with van der Waals surface area (Å²) >= 11 is 0. The molecule has 0 saturated carbocycles. The summed E-state index contributed by atoms with van der Waals surface area (Å²) < 4.78 is 5.14. The number of hydrogen-bond donors (Lipinski definition) is 1. The Morgan fingerprint density at radius 1 is 1.47 bits per heavy atom. The third-order valence-electron chi connectivity index (χ3n) is 2.59. The Kier molecular flexibility index (Phi) is 4.71. The van der Waals surface area contributed by atoms with Crippen LogP contribution < -0.4 is 5.73 Å². The molecule has 1 fully saturated rings. The van der Waals surface area contributed by atoms with E-state index in [0.29, 0.717) is 26.3 Å². The van der Waals surface area contributed by atoms with E-state index in [9.17, 15) is 9.59 Å². The zero-order valence-corrected chi connectivity index (χ0v) is 9.07. The van der Waals surface area contributed by atoms with E-state index in [1.165, 1.54) is 0 Å². The molecular weight excluding hydrogens is 196 g/mol. The average molecular weight is 214 g/mol. The standard InChI is InChI=1S/C10H18N2O3/c1-2-12(6-10(11)14)5-9(13)8-3-4-15-7-8/h8H,2-7H2,1H3,(H2,11,14). The highest BCUT2D eigenvalue weighted by atomic mass is 16.5. The maximum atomic E-state index is 11.7. The topological polar surface area (TPSA) is 72.6 Å². The molecule has 0 aliphatic carbocycles. The van der Waals surface area contributed by atoms with Crippen LogP contribution in [0, 0.1) is 5.92 Å². The average Bonchev–Trinajstić information content (AvgIpc) is 2.68. The van der Waals surface area contributed by atoms with Gasteiger partial charge in [0.1, 0.15) is 0 Å². The lowest BCUT2D eigenvalue weighted by molar-refractivity contribution is -0.125. The van der Waals surface area contributed by atoms with Gasteiger partial charge in [-0.3, -0.25) is 14.5 Å². The van der Waals surface area contributed by atoms with Gasteiger partial charge in [0.2, 0.25) is 5.91 Å². The van der Waals surface area contributed by atoms with Gasteiger partial charge in [-0.15, -0.1) is 0 Å². The molecule has 1 aliphatic heterocycles. The number of rotatable bonds is 6. The molecule has 0 aromatic carbocycles. The SMILES string of the molecule is CCN(CC(N)=O)CC(=O)C1CCOC1. The van der Waals surface area contributed by atoms with Crippen LogP contribution in [0.1, 0.15) is 13.3 Å². The minimum absolute atomic E-state index is 0.00641. The van der Waals surface area contributed by atoms with Crippen LogP contribution in [-0.4, -0.2) is 49.4 Å². The maximum absolute atomic E-state index is 11.7. The molecule has 1 heterocycles. The van der Waals surface area contributed by atoms with Crippen molar-refractivity contribution in [2.24, 2.45) is 11.7 Å². The summed E-state index contributed by atoms with van der Waals surface area (Å²) in [7, 11) is 0. The lowest BCUT2D eigenvalue weighted by Crippen LogP contribution is -2.39. The van der Waals surface area contributed by atoms with E-state index in [4.69, 9.17) is 10.5 Å². The lowest BCUT2D eigenvalue weighted by Gasteiger charge is -2.18. The zero-order chi connectivity index (χ0) is 11.3. The highest BCUT2D eigenvalue weighted by molar-refractivity contribution is 5.84. The molecule has 1 amide bonds. The molecule has 0 aromatic rings. The monoisotopic (exact) mass is 214 g/mol. The van der Waals surface area contributed by atoms with Crippen molar-refractivity contribution in [2.75, 3.05) is 32.8 Å². The fraction of sp³-hybridized carbons (Fsp3) is 0.800. The summed E-state index contributed by atoms with van der Waals surface area (Å²) in [5, 5.41) is 0. The summed E-state index contributed by atoms with van der Waals surface area (Å²) in [5.74, 6) is -0.241. The predicted octanol–water partition coefficient (Wildman–Crippen LogP) is -0.601. The normalized spacial score (nSPS) is 20.8. The first-order chi connectivity index (χ1) is 7.13. The van der Waals surface area contributed by atoms with Crippen LogP contribution in [0.4, 0.5) is 0 Å². The number of ketones is 1. The first-order valence-electron chi connectivity index (χ1n) is 5.24. The lowest BCUT2D eigenvalue weighted by atomic mass is 10.0. The molecule has 0 radical (unpaired) electrons. The van der Waals surface area contributed by atoms with Crippen molar-refractivity contribution in [2.45, 2.75) is 13.3 Å². The molecule has 1 aliphatic rings. The van der Waals surface area contributed by atoms with Gasteiger partial charge < -0.3 is 10.5 Å². The molecule has 86 valence electrons. The van der Waals surface area contributed by atoms with E-state index in [1.807, 2.05) is 6.92 Å². The van der Waals surface area contributed by atoms with Gasteiger partial charge in [0.15, 0.2) is 5.78 Å². The summed E-state index contributed by atoms with van der Waals surface area (Å²) in [4.78, 5) is 24.2. The molecule has 0 aromatic heterocycles. The first-order valence-corrected chi connectivity index (χ1v) is 5.24. The quantitative estimate of drug-likeness (QED) is 0.640. The Labute approximate surface area is 89.6 Å². The van der Waals surface area contributed by atoms with Crippen LogP contribution in [0.15, 0.2) is 0 Å². The fourth-order valence-corrected chi connectivity index (χ4v) is 1.64. The van der Waals surface area contributed by atoms with Crippen LogP contribution in [0.25, 0.3) is 0 Å². The van der Waals surface area contributed by atoms with Crippen LogP contribution in [0.2, 0.25) is 0 Å². The Morgan fingerprint density at radius 2 is 2.20 bits per heavy atom. The molecule has 2 N–H and O–H groups in total. The van der Waals surface area contributed by atoms with Crippen molar-refractivity contribution in [3.8, 4) is 0 Å². The van der Waals surface area contributed by atoms with E-state index < -0.39 is 5.91 Å². The third-order valence-corrected chi connectivity index (χ3v) is 2.59. The molecule has 0 bridgehead atoms. The number of amides is 1. The molecule has 5 heteroatoms. The van der Waals surface area contributed by atoms with E-state index in [0.717, 1.165) is 6.42 Å². The van der Waals surface area contributed by atoms with Crippen molar-refractivity contribution in [3.63, 3.8) is 0 Å². The highest BCUT2D eigenvalue weighted by Crippen LogP contribution is 2.13. The first kappa shape index (κ1) is 12.1. The largest absolute Gasteiger partial charge is 0.381 e. The number of nitrogens with two attached hydrogens (primary N) is 1. The maximum Gasteiger partial charge on any atom is 0.231 e. The van der Waals surface area contributed by atoms with Gasteiger partial charge in [-0.1, -0.05) is 6.92 Å². The van der Waals surface area contributed by atoms with Crippen LogP contribution >= 0.6 is 0 Å². The summed E-state index contributed by atoms with van der Waals surface area (Å²) in [5.41, 5.74) is 5.08. The third kappa shape index (κ3) is 3.97. The Morgan fingerprint density at radius 3 is 2.67 bits per heavy atom. The zero-order valence-electron chi connectivity index (χ0n) is 9.07. The second-order valence-corrected chi connectivity index (χ2v) is 3.80. The molecule has 0 spiro atoms. The fourth-order valence-electron chi connectivity index (χ4n) is 1.64. The molecular formula is C10H18N2O3. The summed E-state index contributed by atoms with van der Waals surface area (Å²) in [6, 6.07) is 0. The number of hydrogen-bond acceptors (Lipinski definition) is 4. The van der Waals surface area contributed by atoms with E-state index >= 15 is 0 Å². The molecule has 15 heavy (non-hydrogen) atoms. The number of primary amides is 1. The number of likely N-dealkylation sites (N-methyl/N-ethyl adjacent to an activating group) is 1. The van der Waals surface area contributed by atoms with Gasteiger partial charge in [0.05, 0.1) is 19.7 Å². The Balaban J connectivity index is 2.36. The number of ether oxygens (including phenoxy) is 1. The van der Waals surface area contributed by atoms with Crippen LogP contribution in [0.3, 0.4) is 0 Å². The van der Waals surface area contributed by atoms with Gasteiger partial charge >= 0.3 is 0 Å². The number of carbonyl (C=O) groups excluding carboxylic acids is 2. The molecule has 1 saturated heterocycles. The van der Waals surface area contributed by atoms with Gasteiger partial charge in [-0.05, 0) is 13.0 Å². The number of nitrogens with zero attached hydrogens (tertiary/aromatic N) is 1. The smallest absolute Gasteiger partial charge is 0.231 e.